The molecule has 0 aromatic heterocycles. The lowest BCUT2D eigenvalue weighted by Gasteiger charge is -2.16. The van der Waals surface area contributed by atoms with Crippen molar-refractivity contribution in [3.8, 4) is 0 Å². The molecule has 0 aliphatic carbocycles. The van der Waals surface area contributed by atoms with Crippen LogP contribution in [0.15, 0.2) is 18.2 Å². The van der Waals surface area contributed by atoms with E-state index in [1.165, 1.54) is 6.07 Å². The van der Waals surface area contributed by atoms with Crippen molar-refractivity contribution in [1.82, 2.24) is 0 Å². The van der Waals surface area contributed by atoms with E-state index in [0.717, 1.165) is 12.1 Å². The number of rotatable bonds is 3. The second-order valence-corrected chi connectivity index (χ2v) is 3.87. The molecule has 1 aromatic carbocycles. The number of nitrogens with one attached hydrogen (secondary N) is 1. The molecule has 0 bridgehead atoms. The largest absolute Gasteiger partial charge is 0.416 e. The van der Waals surface area contributed by atoms with Crippen LogP contribution in [0.1, 0.15) is 25.0 Å². The van der Waals surface area contributed by atoms with Crippen molar-refractivity contribution in [2.24, 2.45) is 5.73 Å². The zero-order valence-electron chi connectivity index (χ0n) is 9.23. The van der Waals surface area contributed by atoms with Gasteiger partial charge in [-0.1, -0.05) is 0 Å². The van der Waals surface area contributed by atoms with Crippen LogP contribution in [0, 0.1) is 0 Å². The number of anilines is 1. The molecular formula is C11H15F3N2. The zero-order valence-corrected chi connectivity index (χ0v) is 9.23. The standard InChI is InChI=1S/C11H15F3N2/c1-7(2)16-10-4-3-9(11(12,13)14)5-8(10)6-15/h3-5,7,16H,6,15H2,1-2H3. The minimum atomic E-state index is -4.32. The highest BCUT2D eigenvalue weighted by Gasteiger charge is 2.30. The monoisotopic (exact) mass is 232 g/mol. The van der Waals surface area contributed by atoms with Gasteiger partial charge in [0, 0.05) is 18.3 Å². The molecule has 0 atom stereocenters. The summed E-state index contributed by atoms with van der Waals surface area (Å²) in [6.45, 7) is 3.91. The van der Waals surface area contributed by atoms with Crippen LogP contribution in [0.25, 0.3) is 0 Å². The first-order chi connectivity index (χ1) is 7.34. The predicted molar refractivity (Wildman–Crippen MR) is 58.1 cm³/mol. The molecule has 90 valence electrons. The van der Waals surface area contributed by atoms with Crippen molar-refractivity contribution < 1.29 is 13.2 Å². The predicted octanol–water partition coefficient (Wildman–Crippen LogP) is 2.98. The first-order valence-electron chi connectivity index (χ1n) is 5.01. The summed E-state index contributed by atoms with van der Waals surface area (Å²) in [5.41, 5.74) is 5.90. The molecule has 0 unspecified atom stereocenters. The van der Waals surface area contributed by atoms with E-state index < -0.39 is 11.7 Å². The molecule has 3 N–H and O–H groups in total. The summed E-state index contributed by atoms with van der Waals surface area (Å²) in [5.74, 6) is 0. The molecule has 0 heterocycles. The number of halogens is 3. The van der Waals surface area contributed by atoms with Crippen LogP contribution in [0.4, 0.5) is 18.9 Å². The van der Waals surface area contributed by atoms with Gasteiger partial charge in [-0.3, -0.25) is 0 Å². The third-order valence-electron chi connectivity index (χ3n) is 2.10. The first kappa shape index (κ1) is 12.8. The SMILES string of the molecule is CC(C)Nc1ccc(C(F)(F)F)cc1CN. The molecule has 0 saturated carbocycles. The molecule has 0 aliphatic heterocycles. The molecule has 0 fully saturated rings. The fourth-order valence-corrected chi connectivity index (χ4v) is 1.39. The van der Waals surface area contributed by atoms with Crippen LogP contribution in [0.2, 0.25) is 0 Å². The topological polar surface area (TPSA) is 38.0 Å². The van der Waals surface area contributed by atoms with Crippen molar-refractivity contribution in [3.63, 3.8) is 0 Å². The van der Waals surface area contributed by atoms with E-state index in [9.17, 15) is 13.2 Å². The molecule has 1 rings (SSSR count). The van der Waals surface area contributed by atoms with Crippen LogP contribution in [-0.2, 0) is 12.7 Å². The Morgan fingerprint density at radius 3 is 2.38 bits per heavy atom. The van der Waals surface area contributed by atoms with Gasteiger partial charge in [0.15, 0.2) is 0 Å². The lowest BCUT2D eigenvalue weighted by atomic mass is 10.1. The van der Waals surface area contributed by atoms with Gasteiger partial charge in [-0.05, 0) is 37.6 Å². The van der Waals surface area contributed by atoms with Crippen molar-refractivity contribution in [2.45, 2.75) is 32.6 Å². The molecule has 0 radical (unpaired) electrons. The highest BCUT2D eigenvalue weighted by Crippen LogP contribution is 2.31. The van der Waals surface area contributed by atoms with Crippen LogP contribution < -0.4 is 11.1 Å². The summed E-state index contributed by atoms with van der Waals surface area (Å²) >= 11 is 0. The zero-order chi connectivity index (χ0) is 12.3. The number of benzene rings is 1. The third-order valence-corrected chi connectivity index (χ3v) is 2.10. The molecule has 0 amide bonds. The summed E-state index contributed by atoms with van der Waals surface area (Å²) in [4.78, 5) is 0. The maximum absolute atomic E-state index is 12.4. The number of hydrogen-bond donors (Lipinski definition) is 2. The quantitative estimate of drug-likeness (QED) is 0.840. The van der Waals surface area contributed by atoms with Crippen LogP contribution in [0.5, 0.6) is 0 Å². The minimum Gasteiger partial charge on any atom is -0.383 e. The van der Waals surface area contributed by atoms with Gasteiger partial charge in [0.1, 0.15) is 0 Å². The van der Waals surface area contributed by atoms with E-state index >= 15 is 0 Å². The van der Waals surface area contributed by atoms with Crippen LogP contribution in [0.3, 0.4) is 0 Å². The highest BCUT2D eigenvalue weighted by atomic mass is 19.4. The Kier molecular flexibility index (Phi) is 3.80. The lowest BCUT2D eigenvalue weighted by Crippen LogP contribution is -2.14. The third kappa shape index (κ3) is 3.13. The van der Waals surface area contributed by atoms with Crippen LogP contribution >= 0.6 is 0 Å². The summed E-state index contributed by atoms with van der Waals surface area (Å²) in [5, 5.41) is 3.06. The number of nitrogens with two attached hydrogens (primary N) is 1. The van der Waals surface area contributed by atoms with E-state index in [2.05, 4.69) is 5.32 Å². The van der Waals surface area contributed by atoms with Gasteiger partial charge in [-0.2, -0.15) is 13.2 Å². The molecule has 0 aliphatic rings. The summed E-state index contributed by atoms with van der Waals surface area (Å²) < 4.78 is 37.3. The van der Waals surface area contributed by atoms with E-state index in [-0.39, 0.29) is 12.6 Å². The highest BCUT2D eigenvalue weighted by molar-refractivity contribution is 5.53. The fourth-order valence-electron chi connectivity index (χ4n) is 1.39. The van der Waals surface area contributed by atoms with Gasteiger partial charge in [0.2, 0.25) is 0 Å². The Morgan fingerprint density at radius 2 is 1.94 bits per heavy atom. The summed E-state index contributed by atoms with van der Waals surface area (Å²) in [6.07, 6.45) is -4.32. The molecule has 5 heteroatoms. The lowest BCUT2D eigenvalue weighted by molar-refractivity contribution is -0.137. The Labute approximate surface area is 92.6 Å². The van der Waals surface area contributed by atoms with Crippen molar-refractivity contribution >= 4 is 5.69 Å². The van der Waals surface area contributed by atoms with Crippen molar-refractivity contribution in [3.05, 3.63) is 29.3 Å². The average Bonchev–Trinajstić information content (AvgIpc) is 2.15. The van der Waals surface area contributed by atoms with Gasteiger partial charge < -0.3 is 11.1 Å². The fraction of sp³-hybridized carbons (Fsp3) is 0.455. The van der Waals surface area contributed by atoms with E-state index in [1.54, 1.807) is 0 Å². The molecular weight excluding hydrogens is 217 g/mol. The van der Waals surface area contributed by atoms with Gasteiger partial charge in [0.05, 0.1) is 5.56 Å². The smallest absolute Gasteiger partial charge is 0.383 e. The maximum Gasteiger partial charge on any atom is 0.416 e. The van der Waals surface area contributed by atoms with E-state index in [0.29, 0.717) is 11.3 Å². The van der Waals surface area contributed by atoms with Gasteiger partial charge in [-0.15, -0.1) is 0 Å². The van der Waals surface area contributed by atoms with Crippen molar-refractivity contribution in [1.29, 1.82) is 0 Å². The average molecular weight is 232 g/mol. The molecule has 1 aromatic rings. The molecule has 0 spiro atoms. The van der Waals surface area contributed by atoms with Gasteiger partial charge in [0.25, 0.3) is 0 Å². The maximum atomic E-state index is 12.4. The molecule has 2 nitrogen and oxygen atoms in total. The normalized spacial score (nSPS) is 11.9. The first-order valence-corrected chi connectivity index (χ1v) is 5.01. The summed E-state index contributed by atoms with van der Waals surface area (Å²) in [7, 11) is 0. The Morgan fingerprint density at radius 1 is 1.31 bits per heavy atom. The van der Waals surface area contributed by atoms with Gasteiger partial charge >= 0.3 is 6.18 Å². The van der Waals surface area contributed by atoms with E-state index in [1.807, 2.05) is 13.8 Å². The second-order valence-electron chi connectivity index (χ2n) is 3.87. The Bertz CT molecular complexity index is 359. The summed E-state index contributed by atoms with van der Waals surface area (Å²) in [6, 6.07) is 3.72. The molecule has 16 heavy (non-hydrogen) atoms. The Balaban J connectivity index is 3.07. The minimum absolute atomic E-state index is 0.0823. The number of alkyl halides is 3. The number of hydrogen-bond acceptors (Lipinski definition) is 2. The van der Waals surface area contributed by atoms with Gasteiger partial charge in [-0.25, -0.2) is 0 Å². The Hall–Kier alpha value is -1.23. The molecule has 0 saturated heterocycles. The van der Waals surface area contributed by atoms with Crippen molar-refractivity contribution in [2.75, 3.05) is 5.32 Å². The van der Waals surface area contributed by atoms with E-state index in [4.69, 9.17) is 5.73 Å². The second kappa shape index (κ2) is 4.74. The van der Waals surface area contributed by atoms with Crippen LogP contribution in [-0.4, -0.2) is 6.04 Å².